The number of aromatic nitrogens is 1. The van der Waals surface area contributed by atoms with E-state index in [4.69, 9.17) is 0 Å². The number of benzene rings is 3. The van der Waals surface area contributed by atoms with E-state index in [0.717, 1.165) is 54.6 Å². The summed E-state index contributed by atoms with van der Waals surface area (Å²) in [7, 11) is 0. The van der Waals surface area contributed by atoms with Gasteiger partial charge in [-0.1, -0.05) is 60.7 Å². The Morgan fingerprint density at radius 2 is 1.71 bits per heavy atom. The molecule has 9 nitrogen and oxygen atoms in total. The fourth-order valence-corrected chi connectivity index (χ4v) is 6.99. The van der Waals surface area contributed by atoms with Crippen molar-refractivity contribution in [1.29, 1.82) is 0 Å². The van der Waals surface area contributed by atoms with Crippen molar-refractivity contribution >= 4 is 28.4 Å². The van der Waals surface area contributed by atoms with Crippen LogP contribution < -0.4 is 5.23 Å². The van der Waals surface area contributed by atoms with Gasteiger partial charge >= 0.3 is 0 Å². The van der Waals surface area contributed by atoms with Crippen LogP contribution in [-0.2, 0) is 22.6 Å². The van der Waals surface area contributed by atoms with Gasteiger partial charge in [0.25, 0.3) is 0 Å². The standard InChI is InChI=1S/C32H32N5O4/c38-29-20-35(23-13-15-34(16-14-23)19-21-7-2-1-3-8-21)32(39)28-18-26-25-11-4-5-12-27(25)33-30(26)31(36(28)29)22-9-6-10-24(17-22)37(40)41/h1-12,17,23,28,31,33,40H,13-16,18-20H2/q-1/t28-,31?/m0/s1. The maximum atomic E-state index is 14.2. The summed E-state index contributed by atoms with van der Waals surface area (Å²) >= 11 is 0. The molecule has 2 fully saturated rings. The largest absolute Gasteiger partial charge is 0.733 e. The van der Waals surface area contributed by atoms with Gasteiger partial charge in [-0.2, -0.15) is 0 Å². The highest BCUT2D eigenvalue weighted by atomic mass is 16.8. The summed E-state index contributed by atoms with van der Waals surface area (Å²) in [6.07, 6.45) is 2.09. The highest BCUT2D eigenvalue weighted by Crippen LogP contribution is 2.43. The topological polar surface area (TPSA) is 106 Å². The minimum absolute atomic E-state index is 0.0178. The predicted octanol–water partition coefficient (Wildman–Crippen LogP) is 4.21. The van der Waals surface area contributed by atoms with Crippen LogP contribution >= 0.6 is 0 Å². The Hall–Kier alpha value is -4.18. The number of carbonyl (C=O) groups excluding carboxylic acids is 2. The number of H-pyrrole nitrogens is 1. The summed E-state index contributed by atoms with van der Waals surface area (Å²) < 4.78 is 0. The monoisotopic (exact) mass is 550 g/mol. The molecular formula is C32H32N5O4-. The van der Waals surface area contributed by atoms with E-state index < -0.39 is 12.1 Å². The van der Waals surface area contributed by atoms with E-state index in [-0.39, 0.29) is 35.3 Å². The molecule has 4 aromatic rings. The summed E-state index contributed by atoms with van der Waals surface area (Å²) in [6, 6.07) is 23.8. The fourth-order valence-electron chi connectivity index (χ4n) is 6.99. The fraction of sp³-hybridized carbons (Fsp3) is 0.312. The number of nitrogens with zero attached hydrogens (tertiary/aromatic N) is 4. The Labute approximate surface area is 238 Å². The Bertz CT molecular complexity index is 1590. The molecule has 0 spiro atoms. The SMILES string of the molecule is O=C1[C@@H]2Cc3c([nH]c4ccccc34)C(c3cccc(N([O-])O)c3)N2C(=O)CN1C1CCN(Cc2ccccc2)CC1. The van der Waals surface area contributed by atoms with Crippen LogP contribution in [-0.4, -0.2) is 68.4 Å². The third-order valence-electron chi connectivity index (χ3n) is 8.95. The van der Waals surface area contributed by atoms with Gasteiger partial charge < -0.3 is 25.2 Å². The zero-order valence-corrected chi connectivity index (χ0v) is 22.6. The molecule has 1 aromatic heterocycles. The van der Waals surface area contributed by atoms with Crippen LogP contribution in [0.1, 0.15) is 41.3 Å². The zero-order valence-electron chi connectivity index (χ0n) is 22.6. The van der Waals surface area contributed by atoms with Crippen LogP contribution in [0.4, 0.5) is 5.69 Å². The first-order valence-electron chi connectivity index (χ1n) is 14.2. The van der Waals surface area contributed by atoms with Gasteiger partial charge in [0.05, 0.1) is 11.7 Å². The molecule has 2 atom stereocenters. The summed E-state index contributed by atoms with van der Waals surface area (Å²) in [4.78, 5) is 37.6. The highest BCUT2D eigenvalue weighted by Gasteiger charge is 2.49. The van der Waals surface area contributed by atoms with Crippen molar-refractivity contribution in [2.24, 2.45) is 0 Å². The van der Waals surface area contributed by atoms with E-state index >= 15 is 0 Å². The molecule has 0 aliphatic carbocycles. The Morgan fingerprint density at radius 3 is 2.49 bits per heavy atom. The first-order chi connectivity index (χ1) is 20.0. The normalized spacial score (nSPS) is 21.7. The summed E-state index contributed by atoms with van der Waals surface area (Å²) in [5.74, 6) is -0.125. The minimum Gasteiger partial charge on any atom is -0.733 e. The van der Waals surface area contributed by atoms with E-state index in [9.17, 15) is 20.0 Å². The third-order valence-corrected chi connectivity index (χ3v) is 8.95. The van der Waals surface area contributed by atoms with Crippen LogP contribution in [0.2, 0.25) is 0 Å². The number of piperidine rings is 1. The number of fused-ring (bicyclic) bond motifs is 4. The maximum Gasteiger partial charge on any atom is 0.246 e. The van der Waals surface area contributed by atoms with E-state index in [0.29, 0.717) is 12.0 Å². The molecule has 2 saturated heterocycles. The molecule has 41 heavy (non-hydrogen) atoms. The molecule has 210 valence electrons. The first-order valence-corrected chi connectivity index (χ1v) is 14.2. The van der Waals surface area contributed by atoms with Crippen LogP contribution in [0.25, 0.3) is 10.9 Å². The summed E-state index contributed by atoms with van der Waals surface area (Å²) in [5, 5.41) is 22.2. The van der Waals surface area contributed by atoms with Crippen LogP contribution in [0.5, 0.6) is 0 Å². The number of carbonyl (C=O) groups is 2. The second-order valence-electron chi connectivity index (χ2n) is 11.3. The van der Waals surface area contributed by atoms with Gasteiger partial charge in [-0.3, -0.25) is 19.7 Å². The molecule has 7 rings (SSSR count). The van der Waals surface area contributed by atoms with Crippen molar-refractivity contribution in [3.63, 3.8) is 0 Å². The Balaban J connectivity index is 1.19. The maximum absolute atomic E-state index is 14.2. The number of anilines is 1. The van der Waals surface area contributed by atoms with Gasteiger partial charge in [-0.05, 0) is 47.7 Å². The van der Waals surface area contributed by atoms with Gasteiger partial charge in [0.15, 0.2) is 0 Å². The number of piperazine rings is 1. The van der Waals surface area contributed by atoms with Crippen molar-refractivity contribution in [2.75, 3.05) is 24.9 Å². The van der Waals surface area contributed by atoms with Gasteiger partial charge in [0.2, 0.25) is 11.8 Å². The quantitative estimate of drug-likeness (QED) is 0.361. The van der Waals surface area contributed by atoms with Crippen molar-refractivity contribution < 1.29 is 14.8 Å². The second kappa shape index (κ2) is 10.3. The molecule has 0 saturated carbocycles. The van der Waals surface area contributed by atoms with E-state index in [2.05, 4.69) is 34.1 Å². The number of para-hydroxylation sites is 1. The predicted molar refractivity (Wildman–Crippen MR) is 155 cm³/mol. The molecule has 0 radical (unpaired) electrons. The average Bonchev–Trinajstić information content (AvgIpc) is 3.37. The molecule has 3 aliphatic rings. The lowest BCUT2D eigenvalue weighted by Gasteiger charge is -2.49. The molecule has 3 aliphatic heterocycles. The molecule has 2 N–H and O–H groups in total. The lowest BCUT2D eigenvalue weighted by Crippen LogP contribution is -2.65. The van der Waals surface area contributed by atoms with Gasteiger partial charge in [0, 0.05) is 48.7 Å². The molecule has 4 heterocycles. The number of hydrogen-bond acceptors (Lipinski definition) is 6. The van der Waals surface area contributed by atoms with Crippen molar-refractivity contribution in [1.82, 2.24) is 19.7 Å². The lowest BCUT2D eigenvalue weighted by molar-refractivity contribution is -0.161. The molecule has 3 aromatic carbocycles. The zero-order chi connectivity index (χ0) is 28.1. The lowest BCUT2D eigenvalue weighted by atomic mass is 9.85. The summed E-state index contributed by atoms with van der Waals surface area (Å²) in [6.45, 7) is 2.68. The average molecular weight is 551 g/mol. The number of rotatable bonds is 5. The first kappa shape index (κ1) is 25.8. The Morgan fingerprint density at radius 1 is 0.951 bits per heavy atom. The van der Waals surface area contributed by atoms with E-state index in [1.54, 1.807) is 17.0 Å². The Kier molecular flexibility index (Phi) is 6.50. The number of likely N-dealkylation sites (tertiary alicyclic amines) is 1. The summed E-state index contributed by atoms with van der Waals surface area (Å²) in [5.41, 5.74) is 4.81. The minimum atomic E-state index is -0.642. The van der Waals surface area contributed by atoms with Crippen LogP contribution in [0.3, 0.4) is 0 Å². The highest BCUT2D eigenvalue weighted by molar-refractivity contribution is 5.98. The van der Waals surface area contributed by atoms with Gasteiger partial charge in [0.1, 0.15) is 12.6 Å². The molecule has 9 heteroatoms. The van der Waals surface area contributed by atoms with Gasteiger partial charge in [-0.25, -0.2) is 0 Å². The van der Waals surface area contributed by atoms with Crippen molar-refractivity contribution in [3.8, 4) is 0 Å². The number of amides is 2. The van der Waals surface area contributed by atoms with Crippen LogP contribution in [0, 0.1) is 5.21 Å². The molecular weight excluding hydrogens is 518 g/mol. The molecule has 2 amide bonds. The number of hydrogen-bond donors (Lipinski definition) is 2. The molecule has 1 unspecified atom stereocenters. The molecule has 0 bridgehead atoms. The third kappa shape index (κ3) is 4.56. The van der Waals surface area contributed by atoms with Crippen LogP contribution in [0.15, 0.2) is 78.9 Å². The van der Waals surface area contributed by atoms with Gasteiger partial charge in [-0.15, -0.1) is 0 Å². The second-order valence-corrected chi connectivity index (χ2v) is 11.3. The van der Waals surface area contributed by atoms with E-state index in [1.165, 1.54) is 11.6 Å². The van der Waals surface area contributed by atoms with E-state index in [1.807, 2.05) is 41.3 Å². The smallest absolute Gasteiger partial charge is 0.246 e. The van der Waals surface area contributed by atoms with Crippen molar-refractivity contribution in [2.45, 2.75) is 43.9 Å². The number of nitrogens with one attached hydrogen (secondary N) is 1. The number of aromatic amines is 1. The van der Waals surface area contributed by atoms with Crippen molar-refractivity contribution in [3.05, 3.63) is 106 Å².